The molecule has 0 saturated carbocycles. The van der Waals surface area contributed by atoms with E-state index in [1.165, 1.54) is 0 Å². The van der Waals surface area contributed by atoms with Crippen molar-refractivity contribution < 1.29 is 42.1 Å². The number of likely N-dealkylation sites (N-methyl/N-ethyl adjacent to an activating group) is 1. The van der Waals surface area contributed by atoms with Crippen LogP contribution in [0.5, 0.6) is 0 Å². The summed E-state index contributed by atoms with van der Waals surface area (Å²) in [7, 11) is 5.35. The first-order valence-corrected chi connectivity index (χ1v) is 4.90. The molecular weight excluding hydrogens is 238 g/mol. The number of nitrogens with zero attached hydrogens (tertiary/aromatic N) is 1. The van der Waals surface area contributed by atoms with Gasteiger partial charge in [-0.15, -0.1) is 0 Å². The predicted octanol–water partition coefficient (Wildman–Crippen LogP) is -5.50. The quantitative estimate of drug-likeness (QED) is 0.371. The normalized spacial score (nSPS) is 40.3. The van der Waals surface area contributed by atoms with Crippen molar-refractivity contribution in [1.82, 2.24) is 0 Å². The summed E-state index contributed by atoms with van der Waals surface area (Å²) < 4.78 is 5.30. The molecule has 0 aliphatic carbocycles. The third kappa shape index (κ3) is 3.04. The summed E-state index contributed by atoms with van der Waals surface area (Å²) in [4.78, 5) is 0. The van der Waals surface area contributed by atoms with Crippen LogP contribution in [0.25, 0.3) is 0 Å². The molecule has 16 heavy (non-hydrogen) atoms. The second-order valence-electron chi connectivity index (χ2n) is 4.84. The highest BCUT2D eigenvalue weighted by Gasteiger charge is 2.50. The van der Waals surface area contributed by atoms with Crippen LogP contribution in [0.1, 0.15) is 0 Å². The Hall–Kier alpha value is 0.0500. The van der Waals surface area contributed by atoms with Crippen LogP contribution in [0.4, 0.5) is 0 Å². The van der Waals surface area contributed by atoms with Crippen molar-refractivity contribution in [2.75, 3.05) is 27.7 Å². The standard InChI is InChI=1S/C9H20NO5.ClH/c1-10(2,3)6-8(13)7(12)5(4-11)15-9(6)14;/h5-9,11-14H,4H2,1-3H3;1H/q+1;/p-1/t5?,6?,7-,8-,9-;/m1./s1. The zero-order chi connectivity index (χ0) is 11.8. The van der Waals surface area contributed by atoms with Crippen molar-refractivity contribution in [2.45, 2.75) is 30.6 Å². The zero-order valence-corrected chi connectivity index (χ0v) is 10.4. The van der Waals surface area contributed by atoms with Crippen molar-refractivity contribution in [3.8, 4) is 0 Å². The highest BCUT2D eigenvalue weighted by atomic mass is 35.5. The van der Waals surface area contributed by atoms with E-state index in [4.69, 9.17) is 9.84 Å². The first kappa shape index (κ1) is 16.1. The Balaban J connectivity index is 0.00000225. The second-order valence-corrected chi connectivity index (χ2v) is 4.84. The third-order valence-corrected chi connectivity index (χ3v) is 2.76. The Morgan fingerprint density at radius 3 is 1.94 bits per heavy atom. The van der Waals surface area contributed by atoms with Gasteiger partial charge in [0.25, 0.3) is 0 Å². The van der Waals surface area contributed by atoms with Gasteiger partial charge in [0.05, 0.1) is 27.7 Å². The lowest BCUT2D eigenvalue weighted by Crippen LogP contribution is -3.00. The van der Waals surface area contributed by atoms with Gasteiger partial charge in [0, 0.05) is 0 Å². The summed E-state index contributed by atoms with van der Waals surface area (Å²) in [5, 5.41) is 38.0. The number of aliphatic hydroxyl groups is 4. The number of hydrogen-bond acceptors (Lipinski definition) is 5. The van der Waals surface area contributed by atoms with Crippen LogP contribution in [0.15, 0.2) is 0 Å². The fourth-order valence-corrected chi connectivity index (χ4v) is 1.92. The first-order chi connectivity index (χ1) is 6.79. The summed E-state index contributed by atoms with van der Waals surface area (Å²) in [5.41, 5.74) is 0. The molecule has 0 spiro atoms. The summed E-state index contributed by atoms with van der Waals surface area (Å²) in [6.07, 6.45) is -4.43. The fourth-order valence-electron chi connectivity index (χ4n) is 1.92. The molecule has 0 aromatic heterocycles. The maximum absolute atomic E-state index is 9.83. The molecule has 4 N–H and O–H groups in total. The van der Waals surface area contributed by atoms with Gasteiger partial charge >= 0.3 is 0 Å². The van der Waals surface area contributed by atoms with E-state index >= 15 is 0 Å². The van der Waals surface area contributed by atoms with Crippen molar-refractivity contribution >= 4 is 0 Å². The maximum Gasteiger partial charge on any atom is 0.211 e. The summed E-state index contributed by atoms with van der Waals surface area (Å²) >= 11 is 0. The molecule has 1 fully saturated rings. The maximum atomic E-state index is 9.83. The minimum Gasteiger partial charge on any atom is -1.00 e. The van der Waals surface area contributed by atoms with E-state index in [1.54, 1.807) is 21.1 Å². The van der Waals surface area contributed by atoms with Crippen molar-refractivity contribution in [3.63, 3.8) is 0 Å². The molecule has 0 aromatic rings. The van der Waals surface area contributed by atoms with E-state index in [2.05, 4.69) is 0 Å². The van der Waals surface area contributed by atoms with Crippen LogP contribution in [0, 0.1) is 0 Å². The van der Waals surface area contributed by atoms with Gasteiger partial charge in [-0.25, -0.2) is 0 Å². The predicted molar refractivity (Wildman–Crippen MR) is 51.8 cm³/mol. The monoisotopic (exact) mass is 257 g/mol. The van der Waals surface area contributed by atoms with Gasteiger partial charge in [-0.05, 0) is 0 Å². The lowest BCUT2D eigenvalue weighted by atomic mass is 9.95. The number of hydrogen-bond donors (Lipinski definition) is 4. The molecule has 1 heterocycles. The minimum absolute atomic E-state index is 0. The average molecular weight is 258 g/mol. The first-order valence-electron chi connectivity index (χ1n) is 4.90. The average Bonchev–Trinajstić information content (AvgIpc) is 2.09. The third-order valence-electron chi connectivity index (χ3n) is 2.76. The van der Waals surface area contributed by atoms with Crippen LogP contribution in [0.2, 0.25) is 0 Å². The van der Waals surface area contributed by atoms with Gasteiger partial charge in [-0.1, -0.05) is 0 Å². The second kappa shape index (κ2) is 5.59. The van der Waals surface area contributed by atoms with E-state index in [0.717, 1.165) is 0 Å². The Kier molecular flexibility index (Phi) is 5.61. The molecule has 6 nitrogen and oxygen atoms in total. The largest absolute Gasteiger partial charge is 1.00 e. The highest BCUT2D eigenvalue weighted by molar-refractivity contribution is 4.89. The molecular formula is C9H20ClNO5. The number of ether oxygens (including phenoxy) is 1. The van der Waals surface area contributed by atoms with E-state index in [1.807, 2.05) is 0 Å². The van der Waals surface area contributed by atoms with E-state index in [9.17, 15) is 15.3 Å². The molecule has 1 rings (SSSR count). The summed E-state index contributed by atoms with van der Waals surface area (Å²) in [6, 6.07) is -0.636. The Morgan fingerprint density at radius 1 is 1.06 bits per heavy atom. The SMILES string of the molecule is C[N+](C)(C)C1[C@H](O)OC(CO)[C@@H](O)[C@@H]1O.[Cl-]. The van der Waals surface area contributed by atoms with Crippen molar-refractivity contribution in [3.05, 3.63) is 0 Å². The molecule has 0 radical (unpaired) electrons. The Morgan fingerprint density at radius 2 is 1.56 bits per heavy atom. The topological polar surface area (TPSA) is 90.2 Å². The van der Waals surface area contributed by atoms with E-state index in [-0.39, 0.29) is 16.9 Å². The number of aliphatic hydroxyl groups excluding tert-OH is 4. The molecule has 1 aliphatic rings. The molecule has 2 unspecified atom stereocenters. The molecule has 5 atom stereocenters. The Labute approximate surface area is 101 Å². The lowest BCUT2D eigenvalue weighted by molar-refractivity contribution is -0.909. The van der Waals surface area contributed by atoms with Gasteiger partial charge in [-0.3, -0.25) is 0 Å². The molecule has 7 heteroatoms. The van der Waals surface area contributed by atoms with E-state index < -0.39 is 37.3 Å². The molecule has 0 amide bonds. The van der Waals surface area contributed by atoms with Gasteiger partial charge in [0.1, 0.15) is 18.3 Å². The smallest absolute Gasteiger partial charge is 0.211 e. The number of quaternary nitrogens is 1. The van der Waals surface area contributed by atoms with Crippen LogP contribution < -0.4 is 12.4 Å². The molecule has 1 saturated heterocycles. The van der Waals surface area contributed by atoms with Crippen LogP contribution in [-0.2, 0) is 4.74 Å². The number of rotatable bonds is 2. The Bertz CT molecular complexity index is 222. The van der Waals surface area contributed by atoms with Gasteiger partial charge in [-0.2, -0.15) is 0 Å². The van der Waals surface area contributed by atoms with Crippen molar-refractivity contribution in [1.29, 1.82) is 0 Å². The van der Waals surface area contributed by atoms with Crippen LogP contribution in [0.3, 0.4) is 0 Å². The van der Waals surface area contributed by atoms with Crippen LogP contribution in [-0.4, -0.2) is 83.3 Å². The summed E-state index contributed by atoms with van der Waals surface area (Å²) in [5.74, 6) is 0. The molecule has 0 aromatic carbocycles. The minimum atomic E-state index is -1.19. The molecule has 0 bridgehead atoms. The lowest BCUT2D eigenvalue weighted by Gasteiger charge is -2.46. The van der Waals surface area contributed by atoms with Crippen molar-refractivity contribution in [2.24, 2.45) is 0 Å². The van der Waals surface area contributed by atoms with E-state index in [0.29, 0.717) is 0 Å². The van der Waals surface area contributed by atoms with Gasteiger partial charge < -0.3 is 42.1 Å². The molecule has 1 aliphatic heterocycles. The molecule has 98 valence electrons. The van der Waals surface area contributed by atoms with Crippen LogP contribution >= 0.6 is 0 Å². The van der Waals surface area contributed by atoms with Gasteiger partial charge in [0.15, 0.2) is 6.04 Å². The summed E-state index contributed by atoms with van der Waals surface area (Å²) in [6.45, 7) is -0.431. The zero-order valence-electron chi connectivity index (χ0n) is 9.62. The highest BCUT2D eigenvalue weighted by Crippen LogP contribution is 2.25. The number of halogens is 1. The fraction of sp³-hybridized carbons (Fsp3) is 1.00. The van der Waals surface area contributed by atoms with Gasteiger partial charge in [0.2, 0.25) is 6.29 Å².